The highest BCUT2D eigenvalue weighted by atomic mass is 16.4. The minimum Gasteiger partial charge on any atom is -0.481 e. The molecule has 0 saturated carbocycles. The van der Waals surface area contributed by atoms with Gasteiger partial charge in [-0.25, -0.2) is 0 Å². The molecule has 0 unspecified atom stereocenters. The van der Waals surface area contributed by atoms with Crippen LogP contribution in [0.4, 0.5) is 5.69 Å². The number of aliphatic hydroxyl groups excluding tert-OH is 1. The van der Waals surface area contributed by atoms with Crippen LogP contribution < -0.4 is 4.90 Å². The van der Waals surface area contributed by atoms with Crippen molar-refractivity contribution in [2.45, 2.75) is 5.92 Å². The van der Waals surface area contributed by atoms with E-state index in [0.29, 0.717) is 18.7 Å². The maximum atomic E-state index is 12.9. The third-order valence-electron chi connectivity index (χ3n) is 5.14. The van der Waals surface area contributed by atoms with Crippen molar-refractivity contribution in [3.05, 3.63) is 65.7 Å². The fraction of sp³-hybridized carbons (Fsp3) is 0.333. The number of carboxylic acids is 1. The van der Waals surface area contributed by atoms with E-state index >= 15 is 0 Å². The number of carboxylic acid groups (broad SMARTS) is 1. The second-order valence-electron chi connectivity index (χ2n) is 6.86. The molecule has 0 aromatic heterocycles. The minimum atomic E-state index is -0.875. The average Bonchev–Trinajstić information content (AvgIpc) is 3.14. The number of likely N-dealkylation sites (N-methyl/N-ethyl adjacent to an activating group) is 1. The molecular weight excluding hydrogens is 344 g/mol. The van der Waals surface area contributed by atoms with Crippen LogP contribution in [-0.2, 0) is 4.79 Å². The van der Waals surface area contributed by atoms with Gasteiger partial charge in [-0.05, 0) is 29.8 Å². The summed E-state index contributed by atoms with van der Waals surface area (Å²) in [5.74, 6) is -1.84. The molecule has 1 aliphatic heterocycles. The number of hydrogen-bond acceptors (Lipinski definition) is 4. The van der Waals surface area contributed by atoms with E-state index in [4.69, 9.17) is 5.11 Å². The summed E-state index contributed by atoms with van der Waals surface area (Å²) in [5.41, 5.74) is 2.39. The maximum absolute atomic E-state index is 12.9. The van der Waals surface area contributed by atoms with Gasteiger partial charge in [0, 0.05) is 43.9 Å². The normalized spacial score (nSPS) is 19.1. The molecule has 0 bridgehead atoms. The SMILES string of the molecule is CN(CCO)c1ccc(C(=O)N2C[C@H](C(=O)O)[C@@H](c3ccccc3)C2)cc1. The summed E-state index contributed by atoms with van der Waals surface area (Å²) in [6.45, 7) is 1.17. The number of aliphatic carboxylic acids is 1. The second kappa shape index (κ2) is 8.22. The predicted molar refractivity (Wildman–Crippen MR) is 103 cm³/mol. The number of likely N-dealkylation sites (tertiary alicyclic amines) is 1. The zero-order valence-corrected chi connectivity index (χ0v) is 15.3. The highest BCUT2D eigenvalue weighted by Crippen LogP contribution is 2.33. The van der Waals surface area contributed by atoms with Gasteiger partial charge in [-0.1, -0.05) is 30.3 Å². The van der Waals surface area contributed by atoms with Gasteiger partial charge in [0.05, 0.1) is 12.5 Å². The first-order chi connectivity index (χ1) is 13.0. The Labute approximate surface area is 158 Å². The number of carbonyl (C=O) groups excluding carboxylic acids is 1. The number of carbonyl (C=O) groups is 2. The first-order valence-corrected chi connectivity index (χ1v) is 9.00. The third kappa shape index (κ3) is 4.11. The van der Waals surface area contributed by atoms with E-state index in [2.05, 4.69) is 0 Å². The highest BCUT2D eigenvalue weighted by molar-refractivity contribution is 5.95. The fourth-order valence-corrected chi connectivity index (χ4v) is 3.58. The lowest BCUT2D eigenvalue weighted by Crippen LogP contribution is -2.30. The zero-order valence-electron chi connectivity index (χ0n) is 15.3. The van der Waals surface area contributed by atoms with E-state index in [-0.39, 0.29) is 25.0 Å². The molecule has 1 fully saturated rings. The van der Waals surface area contributed by atoms with Crippen LogP contribution in [0.1, 0.15) is 21.8 Å². The summed E-state index contributed by atoms with van der Waals surface area (Å²) in [5, 5.41) is 18.6. The van der Waals surface area contributed by atoms with Gasteiger partial charge in [-0.3, -0.25) is 9.59 Å². The van der Waals surface area contributed by atoms with Gasteiger partial charge in [-0.15, -0.1) is 0 Å². The fourth-order valence-electron chi connectivity index (χ4n) is 3.58. The molecular formula is C21H24N2O4. The lowest BCUT2D eigenvalue weighted by Gasteiger charge is -2.19. The van der Waals surface area contributed by atoms with Gasteiger partial charge < -0.3 is 20.0 Å². The van der Waals surface area contributed by atoms with Crippen LogP contribution in [0.5, 0.6) is 0 Å². The van der Waals surface area contributed by atoms with Crippen molar-refractivity contribution in [1.82, 2.24) is 4.90 Å². The van der Waals surface area contributed by atoms with Crippen LogP contribution in [0.2, 0.25) is 0 Å². The number of rotatable bonds is 6. The van der Waals surface area contributed by atoms with E-state index in [1.54, 1.807) is 17.0 Å². The van der Waals surface area contributed by atoms with E-state index in [9.17, 15) is 14.7 Å². The van der Waals surface area contributed by atoms with Gasteiger partial charge in [0.15, 0.2) is 0 Å². The molecule has 0 spiro atoms. The van der Waals surface area contributed by atoms with Crippen LogP contribution in [0.3, 0.4) is 0 Å². The lowest BCUT2D eigenvalue weighted by atomic mass is 9.89. The van der Waals surface area contributed by atoms with E-state index < -0.39 is 11.9 Å². The highest BCUT2D eigenvalue weighted by Gasteiger charge is 2.40. The van der Waals surface area contributed by atoms with Crippen LogP contribution in [-0.4, -0.2) is 60.3 Å². The van der Waals surface area contributed by atoms with Crippen molar-refractivity contribution in [3.8, 4) is 0 Å². The molecule has 1 heterocycles. The summed E-state index contributed by atoms with van der Waals surface area (Å²) in [7, 11) is 1.87. The molecule has 1 amide bonds. The van der Waals surface area contributed by atoms with Crippen LogP contribution in [0, 0.1) is 5.92 Å². The Morgan fingerprint density at radius 2 is 1.74 bits per heavy atom. The smallest absolute Gasteiger partial charge is 0.308 e. The first-order valence-electron chi connectivity index (χ1n) is 9.00. The number of hydrogen-bond donors (Lipinski definition) is 2. The second-order valence-corrected chi connectivity index (χ2v) is 6.86. The Morgan fingerprint density at radius 1 is 1.07 bits per heavy atom. The number of anilines is 1. The van der Waals surface area contributed by atoms with Crippen molar-refractivity contribution >= 4 is 17.6 Å². The van der Waals surface area contributed by atoms with Crippen molar-refractivity contribution in [2.75, 3.05) is 38.2 Å². The van der Waals surface area contributed by atoms with Gasteiger partial charge in [0.2, 0.25) is 0 Å². The minimum absolute atomic E-state index is 0.0579. The van der Waals surface area contributed by atoms with Crippen molar-refractivity contribution in [3.63, 3.8) is 0 Å². The Morgan fingerprint density at radius 3 is 2.33 bits per heavy atom. The zero-order chi connectivity index (χ0) is 19.4. The Kier molecular flexibility index (Phi) is 5.76. The Hall–Kier alpha value is -2.86. The summed E-state index contributed by atoms with van der Waals surface area (Å²) in [4.78, 5) is 28.1. The largest absolute Gasteiger partial charge is 0.481 e. The standard InChI is InChI=1S/C21H24N2O4/c1-22(11-12-24)17-9-7-16(8-10-17)20(25)23-13-18(19(14-23)21(26)27)15-5-3-2-4-6-15/h2-10,18-19,24H,11-14H2,1H3,(H,26,27)/t18-,19+/m1/s1. The van der Waals surface area contributed by atoms with E-state index in [1.807, 2.05) is 54.4 Å². The van der Waals surface area contributed by atoms with Crippen LogP contribution in [0.15, 0.2) is 54.6 Å². The molecule has 1 aliphatic rings. The van der Waals surface area contributed by atoms with Crippen LogP contribution >= 0.6 is 0 Å². The lowest BCUT2D eigenvalue weighted by molar-refractivity contribution is -0.141. The molecule has 2 N–H and O–H groups in total. The summed E-state index contributed by atoms with van der Waals surface area (Å²) >= 11 is 0. The van der Waals surface area contributed by atoms with Gasteiger partial charge in [-0.2, -0.15) is 0 Å². The molecule has 2 atom stereocenters. The molecule has 27 heavy (non-hydrogen) atoms. The maximum Gasteiger partial charge on any atom is 0.308 e. The quantitative estimate of drug-likeness (QED) is 0.816. The summed E-state index contributed by atoms with van der Waals surface area (Å²) in [6, 6.07) is 16.7. The molecule has 6 heteroatoms. The van der Waals surface area contributed by atoms with Gasteiger partial charge >= 0.3 is 5.97 Å². The van der Waals surface area contributed by atoms with E-state index in [1.165, 1.54) is 0 Å². The Bertz CT molecular complexity index is 792. The molecule has 1 saturated heterocycles. The number of amides is 1. The van der Waals surface area contributed by atoms with E-state index in [0.717, 1.165) is 11.3 Å². The molecule has 6 nitrogen and oxygen atoms in total. The summed E-state index contributed by atoms with van der Waals surface area (Å²) < 4.78 is 0. The van der Waals surface area contributed by atoms with Crippen molar-refractivity contribution < 1.29 is 19.8 Å². The third-order valence-corrected chi connectivity index (χ3v) is 5.14. The Balaban J connectivity index is 1.76. The first kappa shape index (κ1) is 18.9. The topological polar surface area (TPSA) is 81.1 Å². The molecule has 2 aromatic carbocycles. The van der Waals surface area contributed by atoms with Crippen LogP contribution in [0.25, 0.3) is 0 Å². The predicted octanol–water partition coefficient (Wildman–Crippen LogP) is 2.06. The average molecular weight is 368 g/mol. The van der Waals surface area contributed by atoms with Crippen molar-refractivity contribution in [2.24, 2.45) is 5.92 Å². The van der Waals surface area contributed by atoms with Gasteiger partial charge in [0.25, 0.3) is 5.91 Å². The molecule has 0 aliphatic carbocycles. The molecule has 0 radical (unpaired) electrons. The monoisotopic (exact) mass is 368 g/mol. The molecule has 3 rings (SSSR count). The molecule has 2 aromatic rings. The number of benzene rings is 2. The van der Waals surface area contributed by atoms with Crippen molar-refractivity contribution in [1.29, 1.82) is 0 Å². The van der Waals surface area contributed by atoms with Gasteiger partial charge in [0.1, 0.15) is 0 Å². The number of aliphatic hydroxyl groups is 1. The molecule has 142 valence electrons. The summed E-state index contributed by atoms with van der Waals surface area (Å²) in [6.07, 6.45) is 0. The number of nitrogens with zero attached hydrogens (tertiary/aromatic N) is 2.